The third kappa shape index (κ3) is 4.58. The highest BCUT2D eigenvalue weighted by atomic mass is 32.1. The minimum absolute atomic E-state index is 0.143. The Hall–Kier alpha value is -2.71. The molecule has 0 spiro atoms. The normalized spacial score (nSPS) is 12.1. The van der Waals surface area contributed by atoms with Crippen molar-refractivity contribution < 1.29 is 9.53 Å². The lowest BCUT2D eigenvalue weighted by atomic mass is 9.92. The summed E-state index contributed by atoms with van der Waals surface area (Å²) in [5, 5.41) is 10.1. The summed E-state index contributed by atoms with van der Waals surface area (Å²) < 4.78 is 6.35. The molecule has 2 aromatic heterocycles. The number of pyridine rings is 1. The Labute approximate surface area is 169 Å². The van der Waals surface area contributed by atoms with Crippen LogP contribution in [0.2, 0.25) is 0 Å². The Morgan fingerprint density at radius 2 is 2.00 bits per heavy atom. The Morgan fingerprint density at radius 3 is 2.64 bits per heavy atom. The van der Waals surface area contributed by atoms with Gasteiger partial charge in [-0.25, -0.2) is 0 Å². The fourth-order valence-corrected chi connectivity index (χ4v) is 4.68. The van der Waals surface area contributed by atoms with E-state index in [1.807, 2.05) is 43.6 Å². The Morgan fingerprint density at radius 1 is 1.25 bits per heavy atom. The number of benzene rings is 1. The number of hydrogen-bond donors (Lipinski definition) is 0. The number of hydrogen-bond acceptors (Lipinski definition) is 5. The number of fused-ring (bicyclic) bond motifs is 1. The maximum Gasteiger partial charge on any atom is 0.306 e. The fourth-order valence-electron chi connectivity index (χ4n) is 3.40. The number of carbonyl (C=O) groups excluding carboxylic acids is 1. The van der Waals surface area contributed by atoms with E-state index in [-0.39, 0.29) is 11.9 Å². The summed E-state index contributed by atoms with van der Waals surface area (Å²) in [5.74, 6) is 0.488. The molecule has 0 unspecified atom stereocenters. The van der Waals surface area contributed by atoms with Crippen molar-refractivity contribution in [1.29, 1.82) is 5.26 Å². The lowest BCUT2D eigenvalue weighted by molar-refractivity contribution is -0.143. The molecule has 0 aliphatic carbocycles. The lowest BCUT2D eigenvalue weighted by Gasteiger charge is -2.16. The third-order valence-corrected chi connectivity index (χ3v) is 5.99. The summed E-state index contributed by atoms with van der Waals surface area (Å²) in [5.41, 5.74) is 2.73. The van der Waals surface area contributed by atoms with Gasteiger partial charge in [0.1, 0.15) is 0 Å². The summed E-state index contributed by atoms with van der Waals surface area (Å²) in [6, 6.07) is 11.9. The number of ether oxygens (including phenoxy) is 1. The standard InChI is InChI=1S/C23H24N2O2S/c1-4-27-22(26)11-18(9-15(2)3)21-10-19-13-25-14-20(23(19)28-21)17-7-5-16(12-24)6-8-17/h5-8,10,13-15,18H,4,9,11H2,1-3H3/t18-/m0/s1. The second kappa shape index (κ2) is 8.99. The maximum absolute atomic E-state index is 12.1. The zero-order valence-corrected chi connectivity index (χ0v) is 17.3. The fraction of sp³-hybridized carbons (Fsp3) is 0.348. The SMILES string of the molecule is CCOC(=O)C[C@H](CC(C)C)c1cc2cncc(-c3ccc(C#N)cc3)c2s1. The first-order chi connectivity index (χ1) is 13.5. The topological polar surface area (TPSA) is 63.0 Å². The zero-order valence-electron chi connectivity index (χ0n) is 16.4. The molecule has 0 aliphatic rings. The molecule has 1 aromatic carbocycles. The second-order valence-corrected chi connectivity index (χ2v) is 8.36. The van der Waals surface area contributed by atoms with E-state index >= 15 is 0 Å². The average Bonchev–Trinajstić information content (AvgIpc) is 3.12. The molecule has 5 heteroatoms. The van der Waals surface area contributed by atoms with Crippen molar-refractivity contribution in [2.75, 3.05) is 6.61 Å². The van der Waals surface area contributed by atoms with Crippen molar-refractivity contribution in [2.24, 2.45) is 5.92 Å². The van der Waals surface area contributed by atoms with Crippen LogP contribution in [0.3, 0.4) is 0 Å². The number of aromatic nitrogens is 1. The van der Waals surface area contributed by atoms with E-state index in [1.54, 1.807) is 11.3 Å². The van der Waals surface area contributed by atoms with Gasteiger partial charge in [-0.3, -0.25) is 9.78 Å². The highest BCUT2D eigenvalue weighted by Crippen LogP contribution is 2.40. The molecule has 0 amide bonds. The molecule has 4 nitrogen and oxygen atoms in total. The Bertz CT molecular complexity index is 1000. The summed E-state index contributed by atoms with van der Waals surface area (Å²) in [6.07, 6.45) is 5.08. The average molecular weight is 393 g/mol. The molecule has 0 fully saturated rings. The van der Waals surface area contributed by atoms with Gasteiger partial charge in [-0.2, -0.15) is 5.26 Å². The first kappa shape index (κ1) is 20.0. The largest absolute Gasteiger partial charge is 0.466 e. The van der Waals surface area contributed by atoms with Crippen LogP contribution in [0.5, 0.6) is 0 Å². The molecular formula is C23H24N2O2S. The number of carbonyl (C=O) groups is 1. The minimum atomic E-state index is -0.143. The van der Waals surface area contributed by atoms with Gasteiger partial charge in [0.2, 0.25) is 0 Å². The quantitative estimate of drug-likeness (QED) is 0.468. The van der Waals surface area contributed by atoms with Crippen LogP contribution in [-0.4, -0.2) is 17.6 Å². The molecule has 28 heavy (non-hydrogen) atoms. The van der Waals surface area contributed by atoms with Crippen LogP contribution in [0.4, 0.5) is 0 Å². The van der Waals surface area contributed by atoms with Crippen LogP contribution >= 0.6 is 11.3 Å². The van der Waals surface area contributed by atoms with Gasteiger partial charge in [-0.1, -0.05) is 26.0 Å². The van der Waals surface area contributed by atoms with Crippen LogP contribution in [0.1, 0.15) is 50.0 Å². The molecule has 144 valence electrons. The van der Waals surface area contributed by atoms with E-state index in [9.17, 15) is 4.79 Å². The Balaban J connectivity index is 1.99. The van der Waals surface area contributed by atoms with E-state index in [0.717, 1.165) is 27.6 Å². The van der Waals surface area contributed by atoms with E-state index < -0.39 is 0 Å². The first-order valence-electron chi connectivity index (χ1n) is 9.55. The molecule has 0 N–H and O–H groups in total. The van der Waals surface area contributed by atoms with Crippen LogP contribution < -0.4 is 0 Å². The van der Waals surface area contributed by atoms with Crippen LogP contribution in [0.15, 0.2) is 42.7 Å². The van der Waals surface area contributed by atoms with Crippen LogP contribution in [0, 0.1) is 17.2 Å². The predicted molar refractivity (Wildman–Crippen MR) is 113 cm³/mol. The summed E-state index contributed by atoms with van der Waals surface area (Å²) in [6.45, 7) is 6.60. The molecular weight excluding hydrogens is 368 g/mol. The van der Waals surface area contributed by atoms with Gasteiger partial charge < -0.3 is 4.74 Å². The van der Waals surface area contributed by atoms with Gasteiger partial charge in [-0.15, -0.1) is 11.3 Å². The first-order valence-corrected chi connectivity index (χ1v) is 10.4. The molecule has 1 atom stereocenters. The molecule has 2 heterocycles. The van der Waals surface area contributed by atoms with E-state index in [4.69, 9.17) is 10.00 Å². The number of esters is 1. The number of thiophene rings is 1. The highest BCUT2D eigenvalue weighted by molar-refractivity contribution is 7.19. The molecule has 0 saturated carbocycles. The third-order valence-electron chi connectivity index (χ3n) is 4.64. The van der Waals surface area contributed by atoms with E-state index in [0.29, 0.717) is 24.5 Å². The monoisotopic (exact) mass is 392 g/mol. The zero-order chi connectivity index (χ0) is 20.1. The van der Waals surface area contributed by atoms with Gasteiger partial charge in [0.05, 0.1) is 24.7 Å². The van der Waals surface area contributed by atoms with Crippen molar-refractivity contribution in [3.05, 3.63) is 53.2 Å². The second-order valence-electron chi connectivity index (χ2n) is 7.28. The number of nitrogens with zero attached hydrogens (tertiary/aromatic N) is 2. The molecule has 0 radical (unpaired) electrons. The van der Waals surface area contributed by atoms with Gasteiger partial charge in [0, 0.05) is 38.8 Å². The van der Waals surface area contributed by atoms with Crippen LogP contribution in [0.25, 0.3) is 21.2 Å². The molecule has 3 rings (SSSR count). The van der Waals surface area contributed by atoms with Crippen molar-refractivity contribution in [3.8, 4) is 17.2 Å². The maximum atomic E-state index is 12.1. The number of nitriles is 1. The van der Waals surface area contributed by atoms with Gasteiger partial charge in [-0.05, 0) is 43.0 Å². The molecule has 0 bridgehead atoms. The summed E-state index contributed by atoms with van der Waals surface area (Å²) in [7, 11) is 0. The Kier molecular flexibility index (Phi) is 6.43. The smallest absolute Gasteiger partial charge is 0.306 e. The van der Waals surface area contributed by atoms with Crippen molar-refractivity contribution >= 4 is 27.4 Å². The van der Waals surface area contributed by atoms with Crippen molar-refractivity contribution in [2.45, 2.75) is 39.5 Å². The van der Waals surface area contributed by atoms with Gasteiger partial charge >= 0.3 is 5.97 Å². The molecule has 0 saturated heterocycles. The number of rotatable bonds is 7. The van der Waals surface area contributed by atoms with Gasteiger partial charge in [0.25, 0.3) is 0 Å². The van der Waals surface area contributed by atoms with Crippen molar-refractivity contribution in [3.63, 3.8) is 0 Å². The van der Waals surface area contributed by atoms with Crippen LogP contribution in [-0.2, 0) is 9.53 Å². The van der Waals surface area contributed by atoms with E-state index in [1.165, 1.54) is 4.88 Å². The summed E-state index contributed by atoms with van der Waals surface area (Å²) >= 11 is 1.73. The van der Waals surface area contributed by atoms with Gasteiger partial charge in [0.15, 0.2) is 0 Å². The highest BCUT2D eigenvalue weighted by Gasteiger charge is 2.21. The lowest BCUT2D eigenvalue weighted by Crippen LogP contribution is -2.11. The minimum Gasteiger partial charge on any atom is -0.466 e. The summed E-state index contributed by atoms with van der Waals surface area (Å²) in [4.78, 5) is 17.7. The molecule has 3 aromatic rings. The van der Waals surface area contributed by atoms with E-state index in [2.05, 4.69) is 31.0 Å². The van der Waals surface area contributed by atoms with Crippen molar-refractivity contribution in [1.82, 2.24) is 4.98 Å². The molecule has 0 aliphatic heterocycles. The predicted octanol–water partition coefficient (Wildman–Crippen LogP) is 5.92.